The van der Waals surface area contributed by atoms with Gasteiger partial charge in [0.1, 0.15) is 10.6 Å². The topological polar surface area (TPSA) is 91.2 Å². The highest BCUT2D eigenvalue weighted by Crippen LogP contribution is 2.26. The lowest BCUT2D eigenvalue weighted by Crippen LogP contribution is -2.38. The van der Waals surface area contributed by atoms with Crippen LogP contribution in [0.3, 0.4) is 0 Å². The van der Waals surface area contributed by atoms with Gasteiger partial charge in [0, 0.05) is 12.6 Å². The largest absolute Gasteiger partial charge is 0.495 e. The van der Waals surface area contributed by atoms with Crippen LogP contribution < -0.4 is 14.8 Å². The maximum Gasteiger partial charge on any atom is 0.244 e. The molecule has 1 aliphatic heterocycles. The second kappa shape index (κ2) is 7.23. The van der Waals surface area contributed by atoms with E-state index in [1.807, 2.05) is 24.3 Å². The molecular formula is C18H19N3O3S. The Labute approximate surface area is 147 Å². The summed E-state index contributed by atoms with van der Waals surface area (Å²) in [5.74, 6) is 0.156. The lowest BCUT2D eigenvalue weighted by atomic mass is 9.95. The van der Waals surface area contributed by atoms with Gasteiger partial charge in [-0.25, -0.2) is 13.1 Å². The summed E-state index contributed by atoms with van der Waals surface area (Å²) < 4.78 is 33.1. The van der Waals surface area contributed by atoms with E-state index in [0.717, 1.165) is 18.5 Å². The molecule has 7 heteroatoms. The molecule has 0 aromatic heterocycles. The molecule has 2 N–H and O–H groups in total. The summed E-state index contributed by atoms with van der Waals surface area (Å²) in [5.41, 5.74) is 2.70. The van der Waals surface area contributed by atoms with E-state index in [4.69, 9.17) is 10.00 Å². The fourth-order valence-corrected chi connectivity index (χ4v) is 4.20. The summed E-state index contributed by atoms with van der Waals surface area (Å²) in [7, 11) is -2.37. The van der Waals surface area contributed by atoms with Gasteiger partial charge < -0.3 is 10.1 Å². The van der Waals surface area contributed by atoms with Crippen molar-refractivity contribution >= 4 is 10.0 Å². The van der Waals surface area contributed by atoms with Crippen molar-refractivity contribution in [1.29, 1.82) is 5.26 Å². The molecule has 130 valence electrons. The minimum atomic E-state index is -3.75. The van der Waals surface area contributed by atoms with E-state index >= 15 is 0 Å². The highest BCUT2D eigenvalue weighted by atomic mass is 32.2. The third-order valence-electron chi connectivity index (χ3n) is 4.28. The SMILES string of the molecule is COc1cc(C#N)ccc1S(=O)(=O)NCC1NCCc2ccccc21. The van der Waals surface area contributed by atoms with Crippen molar-refractivity contribution in [2.24, 2.45) is 0 Å². The summed E-state index contributed by atoms with van der Waals surface area (Å²) in [4.78, 5) is 0.0260. The van der Waals surface area contributed by atoms with E-state index in [1.165, 1.54) is 30.9 Å². The Bertz CT molecular complexity index is 919. The van der Waals surface area contributed by atoms with Crippen molar-refractivity contribution in [3.63, 3.8) is 0 Å². The molecular weight excluding hydrogens is 338 g/mol. The van der Waals surface area contributed by atoms with Gasteiger partial charge in [-0.2, -0.15) is 5.26 Å². The lowest BCUT2D eigenvalue weighted by molar-refractivity contribution is 0.402. The molecule has 0 saturated carbocycles. The van der Waals surface area contributed by atoms with E-state index < -0.39 is 10.0 Å². The summed E-state index contributed by atoms with van der Waals surface area (Å²) >= 11 is 0. The molecule has 3 rings (SSSR count). The van der Waals surface area contributed by atoms with Crippen LogP contribution in [0.25, 0.3) is 0 Å². The summed E-state index contributed by atoms with van der Waals surface area (Å²) in [6.07, 6.45) is 0.933. The van der Waals surface area contributed by atoms with Crippen LogP contribution in [0.4, 0.5) is 0 Å². The van der Waals surface area contributed by atoms with Gasteiger partial charge in [-0.1, -0.05) is 24.3 Å². The Kier molecular flexibility index (Phi) is 5.04. The van der Waals surface area contributed by atoms with Crippen LogP contribution >= 0.6 is 0 Å². The van der Waals surface area contributed by atoms with E-state index in [2.05, 4.69) is 16.1 Å². The fraction of sp³-hybridized carbons (Fsp3) is 0.278. The van der Waals surface area contributed by atoms with E-state index in [-0.39, 0.29) is 23.2 Å². The van der Waals surface area contributed by atoms with E-state index in [9.17, 15) is 8.42 Å². The zero-order chi connectivity index (χ0) is 17.9. The van der Waals surface area contributed by atoms with Gasteiger partial charge >= 0.3 is 0 Å². The number of ether oxygens (including phenoxy) is 1. The number of nitrogens with one attached hydrogen (secondary N) is 2. The number of fused-ring (bicyclic) bond motifs is 1. The first kappa shape index (κ1) is 17.4. The van der Waals surface area contributed by atoms with Crippen LogP contribution in [-0.2, 0) is 16.4 Å². The molecule has 0 saturated heterocycles. The number of methoxy groups -OCH3 is 1. The van der Waals surface area contributed by atoms with Crippen molar-refractivity contribution in [1.82, 2.24) is 10.0 Å². The zero-order valence-electron chi connectivity index (χ0n) is 13.8. The molecule has 6 nitrogen and oxygen atoms in total. The Morgan fingerprint density at radius 2 is 2.12 bits per heavy atom. The molecule has 1 atom stereocenters. The van der Waals surface area contributed by atoms with Crippen LogP contribution in [0.5, 0.6) is 5.75 Å². The van der Waals surface area contributed by atoms with Gasteiger partial charge in [0.2, 0.25) is 10.0 Å². The maximum atomic E-state index is 12.7. The summed E-state index contributed by atoms with van der Waals surface area (Å²) in [6, 6.07) is 14.2. The van der Waals surface area contributed by atoms with Gasteiger partial charge in [-0.15, -0.1) is 0 Å². The Morgan fingerprint density at radius 1 is 1.32 bits per heavy atom. The molecule has 0 bridgehead atoms. The Hall–Kier alpha value is -2.40. The first-order valence-electron chi connectivity index (χ1n) is 7.94. The van der Waals surface area contributed by atoms with Crippen LogP contribution in [0.2, 0.25) is 0 Å². The van der Waals surface area contributed by atoms with Crippen molar-refractivity contribution in [3.8, 4) is 11.8 Å². The van der Waals surface area contributed by atoms with Crippen molar-refractivity contribution in [2.45, 2.75) is 17.4 Å². The predicted molar refractivity (Wildman–Crippen MR) is 93.8 cm³/mol. The van der Waals surface area contributed by atoms with E-state index in [1.54, 1.807) is 0 Å². The average molecular weight is 357 g/mol. The van der Waals surface area contributed by atoms with Gasteiger partial charge in [0.15, 0.2) is 0 Å². The molecule has 0 amide bonds. The number of nitriles is 1. The lowest BCUT2D eigenvalue weighted by Gasteiger charge is -2.27. The fourth-order valence-electron chi connectivity index (χ4n) is 3.00. The van der Waals surface area contributed by atoms with Gasteiger partial charge in [0.05, 0.1) is 18.7 Å². The second-order valence-electron chi connectivity index (χ2n) is 5.78. The number of sulfonamides is 1. The van der Waals surface area contributed by atoms with E-state index in [0.29, 0.717) is 5.56 Å². The minimum absolute atomic E-state index is 0.0260. The standard InChI is InChI=1S/C18H19N3O3S/c1-24-17-10-13(11-19)6-7-18(17)25(22,23)21-12-16-15-5-3-2-4-14(15)8-9-20-16/h2-7,10,16,20-21H,8-9,12H2,1H3. The predicted octanol–water partition coefficient (Wildman–Crippen LogP) is 1.73. The molecule has 0 radical (unpaired) electrons. The highest BCUT2D eigenvalue weighted by molar-refractivity contribution is 7.89. The van der Waals surface area contributed by atoms with Crippen LogP contribution in [0, 0.1) is 11.3 Å². The number of nitrogens with zero attached hydrogens (tertiary/aromatic N) is 1. The van der Waals surface area contributed by atoms with Gasteiger partial charge in [-0.3, -0.25) is 0 Å². The molecule has 2 aromatic rings. The van der Waals surface area contributed by atoms with Crippen LogP contribution in [0.15, 0.2) is 47.4 Å². The molecule has 0 spiro atoms. The monoisotopic (exact) mass is 357 g/mol. The zero-order valence-corrected chi connectivity index (χ0v) is 14.6. The molecule has 25 heavy (non-hydrogen) atoms. The van der Waals surface area contributed by atoms with Crippen molar-refractivity contribution < 1.29 is 13.2 Å². The first-order valence-corrected chi connectivity index (χ1v) is 9.42. The second-order valence-corrected chi connectivity index (χ2v) is 7.52. The number of hydrogen-bond donors (Lipinski definition) is 2. The number of benzene rings is 2. The average Bonchev–Trinajstić information content (AvgIpc) is 2.65. The highest BCUT2D eigenvalue weighted by Gasteiger charge is 2.24. The third kappa shape index (κ3) is 3.66. The molecule has 1 aliphatic rings. The maximum absolute atomic E-state index is 12.7. The van der Waals surface area contributed by atoms with Crippen LogP contribution in [-0.4, -0.2) is 28.6 Å². The first-order chi connectivity index (χ1) is 12.0. The quantitative estimate of drug-likeness (QED) is 0.850. The molecule has 1 heterocycles. The molecule has 0 aliphatic carbocycles. The summed E-state index contributed by atoms with van der Waals surface area (Å²) in [6.45, 7) is 1.05. The minimum Gasteiger partial charge on any atom is -0.495 e. The normalized spacial score (nSPS) is 16.7. The third-order valence-corrected chi connectivity index (χ3v) is 5.74. The van der Waals surface area contributed by atoms with Crippen LogP contribution in [0.1, 0.15) is 22.7 Å². The van der Waals surface area contributed by atoms with Gasteiger partial charge in [-0.05, 0) is 42.3 Å². The molecule has 1 unspecified atom stereocenters. The van der Waals surface area contributed by atoms with Crippen molar-refractivity contribution in [3.05, 3.63) is 59.2 Å². The smallest absolute Gasteiger partial charge is 0.244 e. The molecule has 0 fully saturated rings. The number of rotatable bonds is 5. The van der Waals surface area contributed by atoms with Gasteiger partial charge in [0.25, 0.3) is 0 Å². The Balaban J connectivity index is 1.81. The number of hydrogen-bond acceptors (Lipinski definition) is 5. The Morgan fingerprint density at radius 3 is 2.88 bits per heavy atom. The van der Waals surface area contributed by atoms with Crippen molar-refractivity contribution in [2.75, 3.05) is 20.2 Å². The molecule has 2 aromatic carbocycles. The summed E-state index contributed by atoms with van der Waals surface area (Å²) in [5, 5.41) is 12.3.